The van der Waals surface area contributed by atoms with Crippen LogP contribution < -0.4 is 0 Å². The minimum Gasteiger partial charge on any atom is -0.380 e. The molecule has 0 aliphatic heterocycles. The first-order chi connectivity index (χ1) is 5.20. The third kappa shape index (κ3) is 5.48. The smallest absolute Gasteiger partial charge is 0.114 e. The van der Waals surface area contributed by atoms with Crippen molar-refractivity contribution in [3.05, 3.63) is 0 Å². The van der Waals surface area contributed by atoms with E-state index in [4.69, 9.17) is 23.1 Å². The highest BCUT2D eigenvalue weighted by Crippen LogP contribution is 2.02. The lowest BCUT2D eigenvalue weighted by molar-refractivity contribution is 0.190. The van der Waals surface area contributed by atoms with Gasteiger partial charge in [0, 0.05) is 0 Å². The largest absolute Gasteiger partial charge is 0.380 e. The quantitative estimate of drug-likeness (QED) is 0.563. The predicted molar refractivity (Wildman–Crippen MR) is 43.5 cm³/mol. The van der Waals surface area contributed by atoms with Crippen LogP contribution in [0, 0.1) is 24.7 Å². The summed E-state index contributed by atoms with van der Waals surface area (Å²) in [5.41, 5.74) is 0. The summed E-state index contributed by atoms with van der Waals surface area (Å²) in [5.74, 6) is 4.36. The summed E-state index contributed by atoms with van der Waals surface area (Å²) < 4.78 is 0. The lowest BCUT2D eigenvalue weighted by Crippen LogP contribution is -2.06. The molecule has 0 aromatic rings. The van der Waals surface area contributed by atoms with Gasteiger partial charge in [-0.2, -0.15) is 0 Å². The molecule has 2 heteroatoms. The van der Waals surface area contributed by atoms with Crippen molar-refractivity contribution in [1.29, 1.82) is 0 Å². The molecule has 0 heterocycles. The molecule has 0 aromatic heterocycles. The minimum atomic E-state index is -0.708. The van der Waals surface area contributed by atoms with E-state index >= 15 is 0 Å². The van der Waals surface area contributed by atoms with Gasteiger partial charge in [-0.05, 0) is 19.3 Å². The maximum atomic E-state index is 8.87. The van der Waals surface area contributed by atoms with E-state index in [9.17, 15) is 0 Å². The summed E-state index contributed by atoms with van der Waals surface area (Å²) in [6.45, 7) is 0. The molecule has 0 unspecified atom stereocenters. The van der Waals surface area contributed by atoms with Gasteiger partial charge in [0.05, 0.1) is 0 Å². The van der Waals surface area contributed by atoms with Crippen LogP contribution in [0.15, 0.2) is 0 Å². The molecular weight excluding hydrogens is 140 g/mol. The van der Waals surface area contributed by atoms with Crippen LogP contribution in [0.1, 0.15) is 19.3 Å². The Morgan fingerprint density at radius 3 is 1.64 bits per heavy atom. The molecule has 0 saturated heterocycles. The fraction of sp³-hybridized carbons (Fsp3) is 0.556. The summed E-state index contributed by atoms with van der Waals surface area (Å²) in [4.78, 5) is 0. The molecule has 0 amide bonds. The first-order valence-electron chi connectivity index (χ1n) is 3.49. The van der Waals surface area contributed by atoms with Gasteiger partial charge in [0.15, 0.2) is 0 Å². The predicted octanol–water partition coefficient (Wildman–Crippen LogP) is 0.145. The average Bonchev–Trinajstić information content (AvgIpc) is 2.04. The minimum absolute atomic E-state index is 0.495. The highest BCUT2D eigenvalue weighted by atomic mass is 16.3. The normalized spacial score (nSPS) is 14.5. The van der Waals surface area contributed by atoms with E-state index in [2.05, 4.69) is 11.8 Å². The maximum Gasteiger partial charge on any atom is 0.114 e. The number of aliphatic hydroxyl groups excluding tert-OH is 2. The average molecular weight is 152 g/mol. The third-order valence-corrected chi connectivity index (χ3v) is 1.34. The molecule has 0 spiro atoms. The number of rotatable bonds is 4. The SMILES string of the molecule is C#C[C@@H](O)CCC[C@H](O)C#C. The zero-order chi connectivity index (χ0) is 8.69. The Hall–Kier alpha value is -0.960. The molecule has 0 radical (unpaired) electrons. The van der Waals surface area contributed by atoms with Crippen molar-refractivity contribution >= 4 is 0 Å². The van der Waals surface area contributed by atoms with Crippen molar-refractivity contribution < 1.29 is 10.2 Å². The summed E-state index contributed by atoms with van der Waals surface area (Å²) in [6, 6.07) is 0. The Kier molecular flexibility index (Phi) is 5.29. The number of aliphatic hydroxyl groups is 2. The Balaban J connectivity index is 3.30. The van der Waals surface area contributed by atoms with Crippen LogP contribution in [0.4, 0.5) is 0 Å². The van der Waals surface area contributed by atoms with Crippen LogP contribution in [0.25, 0.3) is 0 Å². The van der Waals surface area contributed by atoms with Gasteiger partial charge >= 0.3 is 0 Å². The highest BCUT2D eigenvalue weighted by molar-refractivity contribution is 4.95. The number of hydrogen-bond acceptors (Lipinski definition) is 2. The first kappa shape index (κ1) is 10.0. The lowest BCUT2D eigenvalue weighted by atomic mass is 10.1. The van der Waals surface area contributed by atoms with E-state index in [1.54, 1.807) is 0 Å². The van der Waals surface area contributed by atoms with Crippen LogP contribution in [-0.2, 0) is 0 Å². The van der Waals surface area contributed by atoms with E-state index in [-0.39, 0.29) is 0 Å². The van der Waals surface area contributed by atoms with E-state index in [1.165, 1.54) is 0 Å². The van der Waals surface area contributed by atoms with Gasteiger partial charge in [0.1, 0.15) is 12.2 Å². The van der Waals surface area contributed by atoms with Crippen molar-refractivity contribution in [1.82, 2.24) is 0 Å². The van der Waals surface area contributed by atoms with Crippen LogP contribution in [0.2, 0.25) is 0 Å². The van der Waals surface area contributed by atoms with Crippen LogP contribution >= 0.6 is 0 Å². The second kappa shape index (κ2) is 5.80. The van der Waals surface area contributed by atoms with Gasteiger partial charge in [-0.25, -0.2) is 0 Å². The second-order valence-corrected chi connectivity index (χ2v) is 2.30. The zero-order valence-corrected chi connectivity index (χ0v) is 6.33. The molecule has 60 valence electrons. The molecule has 0 bridgehead atoms. The molecule has 2 N–H and O–H groups in total. The molecule has 11 heavy (non-hydrogen) atoms. The van der Waals surface area contributed by atoms with Crippen molar-refractivity contribution in [3.8, 4) is 24.7 Å². The Morgan fingerprint density at radius 2 is 1.36 bits per heavy atom. The van der Waals surface area contributed by atoms with Gasteiger partial charge in [-0.1, -0.05) is 11.8 Å². The van der Waals surface area contributed by atoms with E-state index in [1.807, 2.05) is 0 Å². The summed E-state index contributed by atoms with van der Waals surface area (Å²) in [5, 5.41) is 17.7. The fourth-order valence-corrected chi connectivity index (χ4v) is 0.671. The number of terminal acetylenes is 2. The monoisotopic (exact) mass is 152 g/mol. The molecule has 0 aliphatic rings. The molecule has 0 aliphatic carbocycles. The molecule has 2 atom stereocenters. The zero-order valence-electron chi connectivity index (χ0n) is 6.33. The Bertz CT molecular complexity index is 153. The highest BCUT2D eigenvalue weighted by Gasteiger charge is 2.01. The van der Waals surface area contributed by atoms with Gasteiger partial charge < -0.3 is 10.2 Å². The van der Waals surface area contributed by atoms with Crippen molar-refractivity contribution in [2.75, 3.05) is 0 Å². The Morgan fingerprint density at radius 1 is 1.00 bits per heavy atom. The Labute approximate surface area is 67.2 Å². The van der Waals surface area contributed by atoms with Gasteiger partial charge in [0.2, 0.25) is 0 Å². The van der Waals surface area contributed by atoms with Crippen molar-refractivity contribution in [3.63, 3.8) is 0 Å². The van der Waals surface area contributed by atoms with Crippen molar-refractivity contribution in [2.45, 2.75) is 31.5 Å². The second-order valence-electron chi connectivity index (χ2n) is 2.30. The fourth-order valence-electron chi connectivity index (χ4n) is 0.671. The van der Waals surface area contributed by atoms with Crippen LogP contribution in [0.3, 0.4) is 0 Å². The first-order valence-corrected chi connectivity index (χ1v) is 3.49. The van der Waals surface area contributed by atoms with Crippen molar-refractivity contribution in [2.24, 2.45) is 0 Å². The van der Waals surface area contributed by atoms with Crippen LogP contribution in [0.5, 0.6) is 0 Å². The summed E-state index contributed by atoms with van der Waals surface area (Å²) >= 11 is 0. The molecule has 0 rings (SSSR count). The van der Waals surface area contributed by atoms with E-state index < -0.39 is 12.2 Å². The summed E-state index contributed by atoms with van der Waals surface area (Å²) in [6.07, 6.45) is 10.1. The topological polar surface area (TPSA) is 40.5 Å². The van der Waals surface area contributed by atoms with E-state index in [0.29, 0.717) is 19.3 Å². The molecular formula is C9H12O2. The standard InChI is InChI=1S/C9H12O2/c1-3-8(10)6-5-7-9(11)4-2/h1-2,8-11H,5-7H2/t8-,9-/m1/s1. The molecule has 0 fully saturated rings. The maximum absolute atomic E-state index is 8.87. The number of hydrogen-bond donors (Lipinski definition) is 2. The van der Waals surface area contributed by atoms with Gasteiger partial charge in [-0.3, -0.25) is 0 Å². The van der Waals surface area contributed by atoms with E-state index in [0.717, 1.165) is 0 Å². The molecule has 0 saturated carbocycles. The van der Waals surface area contributed by atoms with Gasteiger partial charge in [0.25, 0.3) is 0 Å². The molecule has 2 nitrogen and oxygen atoms in total. The lowest BCUT2D eigenvalue weighted by Gasteiger charge is -2.03. The van der Waals surface area contributed by atoms with Gasteiger partial charge in [-0.15, -0.1) is 12.8 Å². The summed E-state index contributed by atoms with van der Waals surface area (Å²) in [7, 11) is 0. The van der Waals surface area contributed by atoms with Crippen LogP contribution in [-0.4, -0.2) is 22.4 Å². The molecule has 0 aromatic carbocycles. The third-order valence-electron chi connectivity index (χ3n) is 1.34.